The molecule has 0 aromatic heterocycles. The van der Waals surface area contributed by atoms with Crippen LogP contribution >= 0.6 is 0 Å². The van der Waals surface area contributed by atoms with Crippen LogP contribution in [0.3, 0.4) is 0 Å². The second-order valence-electron chi connectivity index (χ2n) is 3.03. The molecule has 0 fully saturated rings. The van der Waals surface area contributed by atoms with Crippen molar-refractivity contribution in [1.82, 2.24) is 11.0 Å². The van der Waals surface area contributed by atoms with E-state index in [1.165, 1.54) is 0 Å². The summed E-state index contributed by atoms with van der Waals surface area (Å²) in [7, 11) is 1.74. The van der Waals surface area contributed by atoms with Crippen LogP contribution in [0.5, 0.6) is 0 Å². The van der Waals surface area contributed by atoms with E-state index < -0.39 is 0 Å². The highest BCUT2D eigenvalue weighted by Gasteiger charge is 2.10. The number of rotatable bonds is 5. The second kappa shape index (κ2) is 5.71. The first-order valence-corrected chi connectivity index (χ1v) is 4.13. The van der Waals surface area contributed by atoms with Crippen LogP contribution in [0, 0.1) is 0 Å². The Morgan fingerprint density at radius 1 is 1.42 bits per heavy atom. The molecule has 0 amide bonds. The van der Waals surface area contributed by atoms with Crippen molar-refractivity contribution < 1.29 is 0 Å². The van der Waals surface area contributed by atoms with Crippen molar-refractivity contribution in [1.29, 1.82) is 0 Å². The Kier molecular flexibility index (Phi) is 5.28. The number of hydrogen-bond acceptors (Lipinski definition) is 3. The molecule has 0 atom stereocenters. The Bertz CT molecular complexity index is 160. The molecule has 0 aromatic carbocycles. The Morgan fingerprint density at radius 3 is 2.58 bits per heavy atom. The molecule has 0 spiro atoms. The molecule has 0 heterocycles. The van der Waals surface area contributed by atoms with E-state index in [9.17, 15) is 0 Å². The molecule has 0 rings (SSSR count). The van der Waals surface area contributed by atoms with E-state index in [0.29, 0.717) is 0 Å². The molecular formula is C8H18N4. The van der Waals surface area contributed by atoms with Gasteiger partial charge in [-0.25, -0.2) is 11.0 Å². The molecule has 12 heavy (non-hydrogen) atoms. The van der Waals surface area contributed by atoms with Crippen LogP contribution < -0.4 is 11.0 Å². The number of hydrazine groups is 1. The molecule has 0 unspecified atom stereocenters. The fourth-order valence-corrected chi connectivity index (χ4v) is 0.643. The van der Waals surface area contributed by atoms with Gasteiger partial charge in [-0.05, 0) is 20.3 Å². The summed E-state index contributed by atoms with van der Waals surface area (Å²) in [5, 5.41) is 7.77. The van der Waals surface area contributed by atoms with E-state index in [-0.39, 0.29) is 5.54 Å². The van der Waals surface area contributed by atoms with Crippen molar-refractivity contribution in [2.45, 2.75) is 32.7 Å². The fraction of sp³-hybridized carbons (Fsp3) is 0.750. The summed E-state index contributed by atoms with van der Waals surface area (Å²) >= 11 is 0. The topological polar surface area (TPSA) is 48.8 Å². The van der Waals surface area contributed by atoms with Crippen molar-refractivity contribution in [3.63, 3.8) is 0 Å². The van der Waals surface area contributed by atoms with Gasteiger partial charge in [0.2, 0.25) is 0 Å². The summed E-state index contributed by atoms with van der Waals surface area (Å²) in [5.74, 6) is 0. The number of nitrogens with zero attached hydrogens (tertiary/aromatic N) is 2. The molecule has 4 nitrogen and oxygen atoms in total. The van der Waals surface area contributed by atoms with Crippen molar-refractivity contribution in [3.8, 4) is 0 Å². The van der Waals surface area contributed by atoms with E-state index in [0.717, 1.165) is 6.42 Å². The van der Waals surface area contributed by atoms with Crippen LogP contribution in [-0.2, 0) is 0 Å². The first kappa shape index (κ1) is 11.1. The maximum Gasteiger partial charge on any atom is 0.0961 e. The maximum absolute atomic E-state index is 4.05. The predicted octanol–water partition coefficient (Wildman–Crippen LogP) is 1.82. The van der Waals surface area contributed by atoms with Gasteiger partial charge < -0.3 is 0 Å². The van der Waals surface area contributed by atoms with Gasteiger partial charge in [0.05, 0.1) is 5.54 Å². The quantitative estimate of drug-likeness (QED) is 0.375. The van der Waals surface area contributed by atoms with Crippen molar-refractivity contribution in [3.05, 3.63) is 12.2 Å². The Hall–Kier alpha value is -0.900. The lowest BCUT2D eigenvalue weighted by Gasteiger charge is -2.11. The van der Waals surface area contributed by atoms with Gasteiger partial charge in [-0.1, -0.05) is 24.3 Å². The molecule has 2 N–H and O–H groups in total. The minimum Gasteiger partial charge on any atom is -0.225 e. The van der Waals surface area contributed by atoms with E-state index in [4.69, 9.17) is 0 Å². The zero-order chi connectivity index (χ0) is 9.45. The van der Waals surface area contributed by atoms with Gasteiger partial charge in [0.25, 0.3) is 0 Å². The zero-order valence-electron chi connectivity index (χ0n) is 8.26. The summed E-state index contributed by atoms with van der Waals surface area (Å²) in [6, 6.07) is 0. The highest BCUT2D eigenvalue weighted by Crippen LogP contribution is 2.10. The van der Waals surface area contributed by atoms with Gasteiger partial charge in [-0.3, -0.25) is 0 Å². The predicted molar refractivity (Wildman–Crippen MR) is 50.6 cm³/mol. The van der Waals surface area contributed by atoms with Crippen LogP contribution in [0.4, 0.5) is 0 Å². The molecule has 0 aliphatic carbocycles. The molecule has 0 aliphatic rings. The SMILES string of the molecule is CC/C=C\C(C)(C)N=NNNC. The largest absolute Gasteiger partial charge is 0.225 e. The minimum absolute atomic E-state index is 0.222. The summed E-state index contributed by atoms with van der Waals surface area (Å²) in [5.41, 5.74) is 4.99. The van der Waals surface area contributed by atoms with E-state index >= 15 is 0 Å². The van der Waals surface area contributed by atoms with Crippen LogP contribution in [0.25, 0.3) is 0 Å². The van der Waals surface area contributed by atoms with Crippen LogP contribution in [-0.4, -0.2) is 12.6 Å². The Morgan fingerprint density at radius 2 is 2.08 bits per heavy atom. The standard InChI is InChI=1S/C8H18N4/c1-5-6-7-8(2,3)10-12-11-9-4/h6-7H,5H2,1-4H3,(H,9,12)(H,10,11)/b7-6-. The first-order chi connectivity index (χ1) is 5.62. The van der Waals surface area contributed by atoms with Crippen molar-refractivity contribution >= 4 is 0 Å². The van der Waals surface area contributed by atoms with Gasteiger partial charge in [0.15, 0.2) is 0 Å². The number of allylic oxidation sites excluding steroid dienone is 1. The Balaban J connectivity index is 3.93. The first-order valence-electron chi connectivity index (χ1n) is 4.13. The third kappa shape index (κ3) is 5.85. The third-order valence-corrected chi connectivity index (χ3v) is 1.23. The monoisotopic (exact) mass is 170 g/mol. The third-order valence-electron chi connectivity index (χ3n) is 1.23. The second-order valence-corrected chi connectivity index (χ2v) is 3.03. The highest BCUT2D eigenvalue weighted by atomic mass is 15.6. The molecule has 0 aromatic rings. The van der Waals surface area contributed by atoms with Gasteiger partial charge in [-0.15, -0.1) is 0 Å². The summed E-state index contributed by atoms with van der Waals surface area (Å²) < 4.78 is 0. The molecule has 0 radical (unpaired) electrons. The molecule has 0 saturated carbocycles. The van der Waals surface area contributed by atoms with Crippen molar-refractivity contribution in [2.75, 3.05) is 7.05 Å². The number of nitrogens with one attached hydrogen (secondary N) is 2. The van der Waals surface area contributed by atoms with Crippen molar-refractivity contribution in [2.24, 2.45) is 10.3 Å². The summed E-state index contributed by atoms with van der Waals surface area (Å²) in [6.07, 6.45) is 5.14. The normalized spacial score (nSPS) is 13.0. The molecule has 0 bridgehead atoms. The van der Waals surface area contributed by atoms with Gasteiger partial charge in [0.1, 0.15) is 0 Å². The molecule has 0 aliphatic heterocycles. The number of hydrogen-bond donors (Lipinski definition) is 2. The van der Waals surface area contributed by atoms with E-state index in [1.807, 2.05) is 19.9 Å². The molecule has 0 saturated heterocycles. The van der Waals surface area contributed by atoms with Gasteiger partial charge in [-0.2, -0.15) is 5.11 Å². The summed E-state index contributed by atoms with van der Waals surface area (Å²) in [4.78, 5) is 0. The smallest absolute Gasteiger partial charge is 0.0961 e. The van der Waals surface area contributed by atoms with Crippen LogP contribution in [0.2, 0.25) is 0 Å². The lowest BCUT2D eigenvalue weighted by Crippen LogP contribution is -2.22. The average Bonchev–Trinajstić information content (AvgIpc) is 2.01. The van der Waals surface area contributed by atoms with Crippen LogP contribution in [0.15, 0.2) is 22.5 Å². The molecule has 70 valence electrons. The maximum atomic E-state index is 4.05. The van der Waals surface area contributed by atoms with Crippen LogP contribution in [0.1, 0.15) is 27.2 Å². The summed E-state index contributed by atoms with van der Waals surface area (Å²) in [6.45, 7) is 6.09. The Labute approximate surface area is 74.1 Å². The van der Waals surface area contributed by atoms with E-state index in [1.54, 1.807) is 7.05 Å². The zero-order valence-corrected chi connectivity index (χ0v) is 8.26. The minimum atomic E-state index is -0.222. The molecular weight excluding hydrogens is 152 g/mol. The lowest BCUT2D eigenvalue weighted by atomic mass is 10.1. The lowest BCUT2D eigenvalue weighted by molar-refractivity contribution is 0.521. The highest BCUT2D eigenvalue weighted by molar-refractivity contribution is 4.99. The van der Waals surface area contributed by atoms with E-state index in [2.05, 4.69) is 34.3 Å². The molecule has 4 heteroatoms. The average molecular weight is 170 g/mol. The van der Waals surface area contributed by atoms with Gasteiger partial charge in [0, 0.05) is 7.05 Å². The fourth-order valence-electron chi connectivity index (χ4n) is 0.643. The van der Waals surface area contributed by atoms with Gasteiger partial charge >= 0.3 is 0 Å².